The van der Waals surface area contributed by atoms with Gasteiger partial charge in [-0.05, 0) is 49.9 Å². The Kier molecular flexibility index (Phi) is 3.09. The molecule has 1 N–H and O–H groups in total. The van der Waals surface area contributed by atoms with Gasteiger partial charge in [-0.25, -0.2) is 0 Å². The van der Waals surface area contributed by atoms with Gasteiger partial charge in [0.15, 0.2) is 0 Å². The molecule has 2 rings (SSSR count). The van der Waals surface area contributed by atoms with Crippen LogP contribution in [-0.2, 0) is 0 Å². The molecule has 0 spiro atoms. The highest BCUT2D eigenvalue weighted by Gasteiger charge is 2.30. The number of phenols is 1. The molecule has 17 heavy (non-hydrogen) atoms. The number of aromatic hydroxyl groups is 1. The summed E-state index contributed by atoms with van der Waals surface area (Å²) in [6, 6.07) is 5.23. The molecule has 0 aromatic heterocycles. The van der Waals surface area contributed by atoms with Gasteiger partial charge in [0.25, 0.3) is 5.91 Å². The van der Waals surface area contributed by atoms with Crippen molar-refractivity contribution in [2.75, 3.05) is 6.54 Å². The van der Waals surface area contributed by atoms with E-state index in [1.807, 2.05) is 11.8 Å². The van der Waals surface area contributed by atoms with Gasteiger partial charge in [0.05, 0.1) is 0 Å². The van der Waals surface area contributed by atoms with Crippen LogP contribution in [0, 0.1) is 12.8 Å². The fourth-order valence-corrected chi connectivity index (χ4v) is 2.63. The second kappa shape index (κ2) is 4.40. The lowest BCUT2D eigenvalue weighted by Gasteiger charge is -2.22. The van der Waals surface area contributed by atoms with Gasteiger partial charge in [0.1, 0.15) is 5.75 Å². The second-order valence-electron chi connectivity index (χ2n) is 5.15. The van der Waals surface area contributed by atoms with Gasteiger partial charge in [-0.1, -0.05) is 6.92 Å². The number of likely N-dealkylation sites (tertiary alicyclic amines) is 1. The van der Waals surface area contributed by atoms with E-state index < -0.39 is 0 Å². The van der Waals surface area contributed by atoms with Crippen molar-refractivity contribution in [3.63, 3.8) is 0 Å². The molecule has 3 heteroatoms. The van der Waals surface area contributed by atoms with Crippen LogP contribution in [0.2, 0.25) is 0 Å². The van der Waals surface area contributed by atoms with Crippen LogP contribution in [0.4, 0.5) is 0 Å². The van der Waals surface area contributed by atoms with E-state index >= 15 is 0 Å². The molecule has 1 aliphatic heterocycles. The summed E-state index contributed by atoms with van der Waals surface area (Å²) in [5.41, 5.74) is 1.53. The Morgan fingerprint density at radius 2 is 2.12 bits per heavy atom. The SMILES string of the molecule is Cc1cc(O)ccc1C(=O)N1CC(C)CC1C. The van der Waals surface area contributed by atoms with Crippen LogP contribution in [0.25, 0.3) is 0 Å². The zero-order valence-electron chi connectivity index (χ0n) is 10.6. The minimum atomic E-state index is 0.0827. The van der Waals surface area contributed by atoms with Crippen molar-refractivity contribution in [3.05, 3.63) is 29.3 Å². The molecule has 1 amide bonds. The van der Waals surface area contributed by atoms with Gasteiger partial charge in [0, 0.05) is 18.2 Å². The molecule has 2 atom stereocenters. The van der Waals surface area contributed by atoms with Crippen LogP contribution in [0.3, 0.4) is 0 Å². The molecule has 1 aromatic carbocycles. The highest BCUT2D eigenvalue weighted by Crippen LogP contribution is 2.26. The molecule has 1 aliphatic rings. The number of amides is 1. The highest BCUT2D eigenvalue weighted by molar-refractivity contribution is 5.96. The topological polar surface area (TPSA) is 40.5 Å². The molecule has 3 nitrogen and oxygen atoms in total. The quantitative estimate of drug-likeness (QED) is 0.810. The normalized spacial score (nSPS) is 24.1. The third-order valence-electron chi connectivity index (χ3n) is 3.49. The van der Waals surface area contributed by atoms with Crippen molar-refractivity contribution < 1.29 is 9.90 Å². The Morgan fingerprint density at radius 1 is 1.41 bits per heavy atom. The van der Waals surface area contributed by atoms with E-state index in [1.54, 1.807) is 18.2 Å². The minimum absolute atomic E-state index is 0.0827. The molecule has 1 heterocycles. The number of carbonyl (C=O) groups excluding carboxylic acids is 1. The predicted octanol–water partition coefficient (Wildman–Crippen LogP) is 2.57. The van der Waals surface area contributed by atoms with Crippen LogP contribution in [0.1, 0.15) is 36.2 Å². The van der Waals surface area contributed by atoms with Gasteiger partial charge in [-0.15, -0.1) is 0 Å². The van der Waals surface area contributed by atoms with E-state index in [0.29, 0.717) is 17.5 Å². The van der Waals surface area contributed by atoms with E-state index in [0.717, 1.165) is 18.5 Å². The molecular formula is C14H19NO2. The monoisotopic (exact) mass is 233 g/mol. The van der Waals surface area contributed by atoms with E-state index in [4.69, 9.17) is 0 Å². The number of rotatable bonds is 1. The lowest BCUT2D eigenvalue weighted by molar-refractivity contribution is 0.0743. The number of hydrogen-bond acceptors (Lipinski definition) is 2. The second-order valence-corrected chi connectivity index (χ2v) is 5.15. The Bertz CT molecular complexity index is 442. The fraction of sp³-hybridized carbons (Fsp3) is 0.500. The molecule has 2 unspecified atom stereocenters. The van der Waals surface area contributed by atoms with Crippen LogP contribution < -0.4 is 0 Å². The third kappa shape index (κ3) is 2.28. The molecule has 0 aliphatic carbocycles. The van der Waals surface area contributed by atoms with Gasteiger partial charge in [-0.2, -0.15) is 0 Å². The van der Waals surface area contributed by atoms with Crippen LogP contribution in [-0.4, -0.2) is 28.5 Å². The van der Waals surface area contributed by atoms with Crippen LogP contribution >= 0.6 is 0 Å². The summed E-state index contributed by atoms with van der Waals surface area (Å²) in [5.74, 6) is 0.868. The zero-order valence-corrected chi connectivity index (χ0v) is 10.6. The van der Waals surface area contributed by atoms with E-state index in [9.17, 15) is 9.90 Å². The van der Waals surface area contributed by atoms with Gasteiger partial charge >= 0.3 is 0 Å². The largest absolute Gasteiger partial charge is 0.508 e. The molecule has 0 radical (unpaired) electrons. The number of hydrogen-bond donors (Lipinski definition) is 1. The molecule has 1 aromatic rings. The third-order valence-corrected chi connectivity index (χ3v) is 3.49. The van der Waals surface area contributed by atoms with Gasteiger partial charge < -0.3 is 10.0 Å². The first-order valence-electron chi connectivity index (χ1n) is 6.09. The summed E-state index contributed by atoms with van der Waals surface area (Å²) < 4.78 is 0. The van der Waals surface area contributed by atoms with Crippen molar-refractivity contribution in [1.29, 1.82) is 0 Å². The summed E-state index contributed by atoms with van der Waals surface area (Å²) in [5, 5.41) is 9.35. The van der Waals surface area contributed by atoms with E-state index in [2.05, 4.69) is 13.8 Å². The lowest BCUT2D eigenvalue weighted by atomic mass is 10.1. The summed E-state index contributed by atoms with van der Waals surface area (Å²) in [6.45, 7) is 6.96. The van der Waals surface area contributed by atoms with Crippen molar-refractivity contribution in [2.24, 2.45) is 5.92 Å². The summed E-state index contributed by atoms with van der Waals surface area (Å²) in [6.07, 6.45) is 1.07. The van der Waals surface area contributed by atoms with Gasteiger partial charge in [0.2, 0.25) is 0 Å². The Labute approximate surface area is 102 Å². The maximum Gasteiger partial charge on any atom is 0.254 e. The maximum absolute atomic E-state index is 12.4. The summed E-state index contributed by atoms with van der Waals surface area (Å²) in [4.78, 5) is 14.3. The molecule has 1 saturated heterocycles. The van der Waals surface area contributed by atoms with Crippen LogP contribution in [0.15, 0.2) is 18.2 Å². The van der Waals surface area contributed by atoms with E-state index in [-0.39, 0.29) is 11.7 Å². The van der Waals surface area contributed by atoms with Crippen LogP contribution in [0.5, 0.6) is 5.75 Å². The average Bonchev–Trinajstić information content (AvgIpc) is 2.57. The average molecular weight is 233 g/mol. The first-order valence-corrected chi connectivity index (χ1v) is 6.09. The molecule has 92 valence electrons. The number of phenolic OH excluding ortho intramolecular Hbond substituents is 1. The van der Waals surface area contributed by atoms with Crippen molar-refractivity contribution in [1.82, 2.24) is 4.90 Å². The molecular weight excluding hydrogens is 214 g/mol. The maximum atomic E-state index is 12.4. The first kappa shape index (κ1) is 12.0. The fourth-order valence-electron chi connectivity index (χ4n) is 2.63. The van der Waals surface area contributed by atoms with E-state index in [1.165, 1.54) is 0 Å². The lowest BCUT2D eigenvalue weighted by Crippen LogP contribution is -2.34. The molecule has 0 saturated carbocycles. The van der Waals surface area contributed by atoms with Crippen molar-refractivity contribution in [2.45, 2.75) is 33.2 Å². The highest BCUT2D eigenvalue weighted by atomic mass is 16.3. The predicted molar refractivity (Wildman–Crippen MR) is 67.1 cm³/mol. The standard InChI is InChI=1S/C14H19NO2/c1-9-6-11(3)15(8-9)14(17)13-5-4-12(16)7-10(13)2/h4-5,7,9,11,16H,6,8H2,1-3H3. The minimum Gasteiger partial charge on any atom is -0.508 e. The van der Waals surface area contributed by atoms with Crippen molar-refractivity contribution >= 4 is 5.91 Å². The number of carbonyl (C=O) groups is 1. The first-order chi connectivity index (χ1) is 7.99. The summed E-state index contributed by atoms with van der Waals surface area (Å²) >= 11 is 0. The number of benzene rings is 1. The molecule has 1 fully saturated rings. The van der Waals surface area contributed by atoms with Gasteiger partial charge in [-0.3, -0.25) is 4.79 Å². The number of nitrogens with zero attached hydrogens (tertiary/aromatic N) is 1. The van der Waals surface area contributed by atoms with Crippen molar-refractivity contribution in [3.8, 4) is 5.75 Å². The molecule has 0 bridgehead atoms. The zero-order chi connectivity index (χ0) is 12.6. The Balaban J connectivity index is 2.25. The summed E-state index contributed by atoms with van der Waals surface area (Å²) in [7, 11) is 0. The Morgan fingerprint density at radius 3 is 2.65 bits per heavy atom. The Hall–Kier alpha value is -1.51. The number of aryl methyl sites for hydroxylation is 1. The smallest absolute Gasteiger partial charge is 0.254 e.